The highest BCUT2D eigenvalue weighted by molar-refractivity contribution is 6.74. The molecular weight excluding hydrogens is 573 g/mol. The molecule has 1 aliphatic rings. The van der Waals surface area contributed by atoms with Crippen LogP contribution >= 0.6 is 0 Å². The lowest BCUT2D eigenvalue weighted by Crippen LogP contribution is -2.45. The van der Waals surface area contributed by atoms with Crippen LogP contribution < -0.4 is 0 Å². The number of carbonyl (C=O) groups excluding carboxylic acids is 2. The molecule has 3 atom stereocenters. The maximum Gasteiger partial charge on any atom is 0.307 e. The Labute approximate surface area is 267 Å². The standard InChI is InChI=1S/C35H66O6Si2/c1-14-15-18-21-28(40-42(10,11)34(3,4)5)24-25-30-29(22-19-16-17-20-23-33(37)38-9)31(39-27(2)36)26-32(30)41-43(12,13)35(6,7)8/h24-25,28,30,32H,14-23,26H2,1-13H3/b25-24+/t28-,30+,32+/m0/s1. The second-order valence-electron chi connectivity index (χ2n) is 15.5. The van der Waals surface area contributed by atoms with Gasteiger partial charge in [0, 0.05) is 25.7 Å². The van der Waals surface area contributed by atoms with Crippen molar-refractivity contribution >= 4 is 28.6 Å². The van der Waals surface area contributed by atoms with Gasteiger partial charge >= 0.3 is 11.9 Å². The minimum Gasteiger partial charge on any atom is -0.469 e. The van der Waals surface area contributed by atoms with Crippen molar-refractivity contribution < 1.29 is 27.9 Å². The van der Waals surface area contributed by atoms with Crippen LogP contribution in [0.25, 0.3) is 0 Å². The van der Waals surface area contributed by atoms with Crippen molar-refractivity contribution in [1.82, 2.24) is 0 Å². The van der Waals surface area contributed by atoms with Crippen LogP contribution in [0.1, 0.15) is 126 Å². The van der Waals surface area contributed by atoms with E-state index in [1.54, 1.807) is 0 Å². The van der Waals surface area contributed by atoms with E-state index in [-0.39, 0.29) is 40.1 Å². The summed E-state index contributed by atoms with van der Waals surface area (Å²) >= 11 is 0. The van der Waals surface area contributed by atoms with Crippen LogP contribution in [0.5, 0.6) is 0 Å². The summed E-state index contributed by atoms with van der Waals surface area (Å²) in [4.78, 5) is 23.7. The minimum atomic E-state index is -2.09. The Hall–Kier alpha value is -1.23. The Morgan fingerprint density at radius 2 is 1.51 bits per heavy atom. The molecule has 0 aromatic carbocycles. The summed E-state index contributed by atoms with van der Waals surface area (Å²) in [6.07, 6.45) is 14.8. The van der Waals surface area contributed by atoms with E-state index in [1.165, 1.54) is 32.4 Å². The van der Waals surface area contributed by atoms with Gasteiger partial charge in [-0.25, -0.2) is 0 Å². The van der Waals surface area contributed by atoms with Crippen LogP contribution in [-0.4, -0.2) is 47.9 Å². The molecule has 0 aromatic rings. The molecule has 0 bridgehead atoms. The third-order valence-corrected chi connectivity index (χ3v) is 18.8. The molecule has 0 unspecified atom stereocenters. The van der Waals surface area contributed by atoms with Crippen LogP contribution in [0, 0.1) is 5.92 Å². The summed E-state index contributed by atoms with van der Waals surface area (Å²) < 4.78 is 24.7. The quantitative estimate of drug-likeness (QED) is 0.0644. The molecule has 0 N–H and O–H groups in total. The first-order chi connectivity index (χ1) is 19.8. The van der Waals surface area contributed by atoms with E-state index in [0.29, 0.717) is 12.8 Å². The number of hydrogen-bond donors (Lipinski definition) is 0. The van der Waals surface area contributed by atoms with Gasteiger partial charge in [-0.2, -0.15) is 0 Å². The molecule has 43 heavy (non-hydrogen) atoms. The summed E-state index contributed by atoms with van der Waals surface area (Å²) in [5.41, 5.74) is 1.18. The van der Waals surface area contributed by atoms with Crippen molar-refractivity contribution in [3.05, 3.63) is 23.5 Å². The Bertz CT molecular complexity index is 939. The van der Waals surface area contributed by atoms with Gasteiger partial charge in [0.1, 0.15) is 5.76 Å². The largest absolute Gasteiger partial charge is 0.469 e. The second-order valence-corrected chi connectivity index (χ2v) is 25.0. The molecule has 250 valence electrons. The van der Waals surface area contributed by atoms with Gasteiger partial charge < -0.3 is 18.3 Å². The predicted octanol–water partition coefficient (Wildman–Crippen LogP) is 10.3. The van der Waals surface area contributed by atoms with E-state index >= 15 is 0 Å². The van der Waals surface area contributed by atoms with Crippen molar-refractivity contribution in [2.75, 3.05) is 7.11 Å². The van der Waals surface area contributed by atoms with Gasteiger partial charge in [-0.15, -0.1) is 0 Å². The molecule has 1 rings (SSSR count). The van der Waals surface area contributed by atoms with E-state index in [9.17, 15) is 9.59 Å². The van der Waals surface area contributed by atoms with Crippen molar-refractivity contribution in [2.45, 2.75) is 174 Å². The highest BCUT2D eigenvalue weighted by atomic mass is 28.4. The summed E-state index contributed by atoms with van der Waals surface area (Å²) in [5.74, 6) is 0.392. The predicted molar refractivity (Wildman–Crippen MR) is 184 cm³/mol. The molecular formula is C35H66O6Si2. The lowest BCUT2D eigenvalue weighted by atomic mass is 9.93. The van der Waals surface area contributed by atoms with E-state index in [2.05, 4.69) is 86.8 Å². The Morgan fingerprint density at radius 1 is 0.907 bits per heavy atom. The van der Waals surface area contributed by atoms with Crippen LogP contribution in [0.15, 0.2) is 23.5 Å². The highest BCUT2D eigenvalue weighted by Crippen LogP contribution is 2.45. The molecule has 0 saturated heterocycles. The number of unbranched alkanes of at least 4 members (excludes halogenated alkanes) is 5. The summed E-state index contributed by atoms with van der Waals surface area (Å²) in [6.45, 7) is 26.7. The van der Waals surface area contributed by atoms with Gasteiger partial charge in [0.2, 0.25) is 0 Å². The average Bonchev–Trinajstić information content (AvgIpc) is 3.16. The zero-order valence-electron chi connectivity index (χ0n) is 30.1. The molecule has 8 heteroatoms. The first-order valence-corrected chi connectivity index (χ1v) is 22.6. The smallest absolute Gasteiger partial charge is 0.307 e. The van der Waals surface area contributed by atoms with Crippen LogP contribution in [0.2, 0.25) is 36.3 Å². The lowest BCUT2D eigenvalue weighted by Gasteiger charge is -2.40. The molecule has 0 aliphatic heterocycles. The van der Waals surface area contributed by atoms with E-state index < -0.39 is 16.6 Å². The van der Waals surface area contributed by atoms with Crippen LogP contribution in [0.4, 0.5) is 0 Å². The van der Waals surface area contributed by atoms with Crippen molar-refractivity contribution in [1.29, 1.82) is 0 Å². The number of ether oxygens (including phenoxy) is 2. The van der Waals surface area contributed by atoms with Crippen molar-refractivity contribution in [3.8, 4) is 0 Å². The maximum absolute atomic E-state index is 12.2. The molecule has 0 aromatic heterocycles. The Morgan fingerprint density at radius 3 is 2.05 bits per heavy atom. The summed E-state index contributed by atoms with van der Waals surface area (Å²) in [6, 6.07) is 0. The SMILES string of the molecule is CCCCC[C@@H](/C=C/[C@@H]1C(CCCCCCC(=O)OC)=C(OC(C)=O)C[C@H]1O[Si](C)(C)C(C)(C)C)O[Si](C)(C)C(C)(C)C. The van der Waals surface area contributed by atoms with Crippen molar-refractivity contribution in [2.24, 2.45) is 5.92 Å². The molecule has 6 nitrogen and oxygen atoms in total. The van der Waals surface area contributed by atoms with Crippen LogP contribution in [0.3, 0.4) is 0 Å². The van der Waals surface area contributed by atoms with E-state index in [0.717, 1.165) is 50.7 Å². The zero-order chi connectivity index (χ0) is 33.1. The van der Waals surface area contributed by atoms with E-state index in [1.807, 2.05) is 0 Å². The highest BCUT2D eigenvalue weighted by Gasteiger charge is 2.44. The fourth-order valence-electron chi connectivity index (χ4n) is 4.98. The van der Waals surface area contributed by atoms with E-state index in [4.69, 9.17) is 18.3 Å². The number of esters is 2. The van der Waals surface area contributed by atoms with Gasteiger partial charge in [-0.05, 0) is 67.5 Å². The zero-order valence-corrected chi connectivity index (χ0v) is 32.1. The molecule has 0 fully saturated rings. The van der Waals surface area contributed by atoms with Gasteiger partial charge in [-0.1, -0.05) is 92.7 Å². The van der Waals surface area contributed by atoms with Gasteiger partial charge in [0.25, 0.3) is 0 Å². The average molecular weight is 639 g/mol. The third-order valence-electron chi connectivity index (χ3n) is 9.75. The number of methoxy groups -OCH3 is 1. The third kappa shape index (κ3) is 13.3. The Kier molecular flexibility index (Phi) is 16.2. The van der Waals surface area contributed by atoms with Gasteiger partial charge in [-0.3, -0.25) is 9.59 Å². The summed E-state index contributed by atoms with van der Waals surface area (Å²) in [5, 5.41) is 0.200. The first-order valence-electron chi connectivity index (χ1n) is 16.8. The molecule has 0 spiro atoms. The molecule has 1 aliphatic carbocycles. The molecule has 0 saturated carbocycles. The first kappa shape index (κ1) is 39.8. The number of rotatable bonds is 18. The minimum absolute atomic E-state index is 0.0373. The normalized spacial score (nSPS) is 19.3. The molecule has 0 radical (unpaired) electrons. The second kappa shape index (κ2) is 17.5. The van der Waals surface area contributed by atoms with Gasteiger partial charge in [0.15, 0.2) is 16.6 Å². The monoisotopic (exact) mass is 638 g/mol. The van der Waals surface area contributed by atoms with Gasteiger partial charge in [0.05, 0.1) is 19.3 Å². The lowest BCUT2D eigenvalue weighted by molar-refractivity contribution is -0.140. The number of hydrogen-bond acceptors (Lipinski definition) is 6. The fraction of sp³-hybridized carbons (Fsp3) is 0.829. The fourth-order valence-corrected chi connectivity index (χ4v) is 7.62. The maximum atomic E-state index is 12.2. The van der Waals surface area contributed by atoms with Crippen LogP contribution in [-0.2, 0) is 27.9 Å². The molecule has 0 heterocycles. The summed E-state index contributed by atoms with van der Waals surface area (Å²) in [7, 11) is -2.62. The van der Waals surface area contributed by atoms with Crippen molar-refractivity contribution in [3.63, 3.8) is 0 Å². The Balaban J connectivity index is 3.38. The molecule has 0 amide bonds. The topological polar surface area (TPSA) is 71.1 Å². The number of carbonyl (C=O) groups is 2.